The van der Waals surface area contributed by atoms with Crippen LogP contribution in [0.5, 0.6) is 5.75 Å². The molecule has 0 saturated heterocycles. The van der Waals surface area contributed by atoms with Crippen LogP contribution in [0.25, 0.3) is 11.1 Å². The number of aromatic nitrogens is 1. The largest absolute Gasteiger partial charge is 0.486 e. The van der Waals surface area contributed by atoms with E-state index < -0.39 is 11.1 Å². The number of hydrogen-bond acceptors (Lipinski definition) is 5. The maximum atomic E-state index is 13.2. The maximum Gasteiger partial charge on any atom is 0.261 e. The van der Waals surface area contributed by atoms with Crippen molar-refractivity contribution in [1.82, 2.24) is 9.88 Å². The molecule has 1 atom stereocenters. The zero-order chi connectivity index (χ0) is 19.6. The van der Waals surface area contributed by atoms with Gasteiger partial charge in [0.05, 0.1) is 10.0 Å². The Morgan fingerprint density at radius 3 is 2.56 bits per heavy atom. The van der Waals surface area contributed by atoms with Gasteiger partial charge in [-0.2, -0.15) is 0 Å². The highest BCUT2D eigenvalue weighted by Gasteiger charge is 2.56. The predicted molar refractivity (Wildman–Crippen MR) is 105 cm³/mol. The summed E-state index contributed by atoms with van der Waals surface area (Å²) in [6.07, 6.45) is 3.59. The number of carbonyl (C=O) groups is 1. The van der Waals surface area contributed by atoms with E-state index in [4.69, 9.17) is 33.7 Å². The topological polar surface area (TPSA) is 80.8 Å². The van der Waals surface area contributed by atoms with Crippen molar-refractivity contribution in [3.63, 3.8) is 0 Å². The van der Waals surface area contributed by atoms with Crippen LogP contribution in [-0.4, -0.2) is 34.4 Å². The summed E-state index contributed by atoms with van der Waals surface area (Å²) in [4.78, 5) is 23.2. The lowest BCUT2D eigenvalue weighted by atomic mass is 9.77. The fourth-order valence-corrected chi connectivity index (χ4v) is 4.19. The molecule has 1 aromatic heterocycles. The lowest BCUT2D eigenvalue weighted by molar-refractivity contribution is -0.133. The van der Waals surface area contributed by atoms with Crippen LogP contribution >= 0.6 is 23.2 Å². The number of nitrogens with zero attached hydrogens (tertiary/aromatic N) is 3. The SMILES string of the molecule is CN1C(=O)C2(CC(C)(C)Oc3c(Cl)cc(-c4cncc(Cl)c4)cc32)N=C1N. The van der Waals surface area contributed by atoms with Crippen molar-refractivity contribution in [2.45, 2.75) is 31.4 Å². The van der Waals surface area contributed by atoms with E-state index in [9.17, 15) is 4.79 Å². The molecule has 8 heteroatoms. The van der Waals surface area contributed by atoms with Gasteiger partial charge >= 0.3 is 0 Å². The van der Waals surface area contributed by atoms with Crippen LogP contribution in [0.3, 0.4) is 0 Å². The normalized spacial score (nSPS) is 23.2. The molecular weight excluding hydrogens is 387 g/mol. The van der Waals surface area contributed by atoms with E-state index in [1.165, 1.54) is 4.90 Å². The summed E-state index contributed by atoms with van der Waals surface area (Å²) in [7, 11) is 1.62. The van der Waals surface area contributed by atoms with Crippen molar-refractivity contribution < 1.29 is 9.53 Å². The van der Waals surface area contributed by atoms with E-state index in [1.807, 2.05) is 19.9 Å². The zero-order valence-corrected chi connectivity index (χ0v) is 16.6. The highest BCUT2D eigenvalue weighted by Crippen LogP contribution is 2.52. The first kappa shape index (κ1) is 18.1. The van der Waals surface area contributed by atoms with Crippen molar-refractivity contribution in [3.05, 3.63) is 46.2 Å². The molecule has 2 aliphatic heterocycles. The highest BCUT2D eigenvalue weighted by atomic mass is 35.5. The molecular formula is C19H18Cl2N4O2. The first-order valence-electron chi connectivity index (χ1n) is 8.40. The van der Waals surface area contributed by atoms with Gasteiger partial charge in [0, 0.05) is 37.0 Å². The van der Waals surface area contributed by atoms with Crippen LogP contribution in [0.1, 0.15) is 25.8 Å². The Labute approximate surface area is 166 Å². The minimum atomic E-state index is -1.17. The summed E-state index contributed by atoms with van der Waals surface area (Å²) in [5.41, 5.74) is 6.33. The van der Waals surface area contributed by atoms with Crippen molar-refractivity contribution in [3.8, 4) is 16.9 Å². The molecule has 1 spiro atoms. The number of fused-ring (bicyclic) bond motifs is 2. The van der Waals surface area contributed by atoms with Gasteiger partial charge in [-0.3, -0.25) is 14.7 Å². The van der Waals surface area contributed by atoms with Crippen molar-refractivity contribution >= 4 is 35.1 Å². The number of ether oxygens (including phenoxy) is 1. The Kier molecular flexibility index (Phi) is 3.91. The molecule has 4 rings (SSSR count). The van der Waals surface area contributed by atoms with Gasteiger partial charge in [-0.1, -0.05) is 23.2 Å². The molecule has 0 bridgehead atoms. The summed E-state index contributed by atoms with van der Waals surface area (Å²) in [6.45, 7) is 3.81. The third-order valence-corrected chi connectivity index (χ3v) is 5.38. The monoisotopic (exact) mass is 404 g/mol. The zero-order valence-electron chi connectivity index (χ0n) is 15.1. The van der Waals surface area contributed by atoms with E-state index in [0.29, 0.717) is 27.8 Å². The molecule has 1 amide bonds. The summed E-state index contributed by atoms with van der Waals surface area (Å²) in [5.74, 6) is 0.427. The fraction of sp³-hybridized carbons (Fsp3) is 0.316. The van der Waals surface area contributed by atoms with Gasteiger partial charge in [-0.05, 0) is 37.6 Å². The van der Waals surface area contributed by atoms with Gasteiger partial charge in [-0.25, -0.2) is 4.99 Å². The van der Waals surface area contributed by atoms with Crippen molar-refractivity contribution in [1.29, 1.82) is 0 Å². The molecule has 140 valence electrons. The number of pyridine rings is 1. The third kappa shape index (κ3) is 2.75. The van der Waals surface area contributed by atoms with Crippen LogP contribution in [0.4, 0.5) is 0 Å². The first-order chi connectivity index (χ1) is 12.6. The van der Waals surface area contributed by atoms with Gasteiger partial charge in [-0.15, -0.1) is 0 Å². The molecule has 2 N–H and O–H groups in total. The van der Waals surface area contributed by atoms with Crippen molar-refractivity contribution in [2.75, 3.05) is 7.05 Å². The second kappa shape index (κ2) is 5.84. The molecule has 1 aromatic carbocycles. The smallest absolute Gasteiger partial charge is 0.261 e. The number of likely N-dealkylation sites (N-methyl/N-ethyl adjacent to an activating group) is 1. The molecule has 2 aliphatic rings. The number of nitrogens with two attached hydrogens (primary N) is 1. The average molecular weight is 405 g/mol. The number of benzene rings is 1. The number of guanidine groups is 1. The third-order valence-electron chi connectivity index (χ3n) is 4.89. The van der Waals surface area contributed by atoms with E-state index in [-0.39, 0.29) is 11.9 Å². The van der Waals surface area contributed by atoms with Crippen LogP contribution in [0, 0.1) is 0 Å². The lowest BCUT2D eigenvalue weighted by Gasteiger charge is -2.41. The quantitative estimate of drug-likeness (QED) is 0.786. The summed E-state index contributed by atoms with van der Waals surface area (Å²) >= 11 is 12.6. The van der Waals surface area contributed by atoms with Gasteiger partial charge in [0.1, 0.15) is 11.4 Å². The molecule has 0 fully saturated rings. The summed E-state index contributed by atoms with van der Waals surface area (Å²) in [6, 6.07) is 5.42. The fourth-order valence-electron chi connectivity index (χ4n) is 3.75. The number of halogens is 2. The van der Waals surface area contributed by atoms with Crippen LogP contribution < -0.4 is 10.5 Å². The standard InChI is InChI=1S/C19H18Cl2N4O2/c1-18(2)9-19(16(26)25(3)17(22)24-19)13-5-10(6-14(21)15(13)27-18)11-4-12(20)8-23-7-11/h4-8H,9H2,1-3H3,(H2,22,24). The predicted octanol–water partition coefficient (Wildman–Crippen LogP) is 3.60. The average Bonchev–Trinajstić information content (AvgIpc) is 2.79. The van der Waals surface area contributed by atoms with E-state index in [1.54, 1.807) is 31.6 Å². The number of aliphatic imine (C=N–C) groups is 1. The van der Waals surface area contributed by atoms with Crippen molar-refractivity contribution in [2.24, 2.45) is 10.7 Å². The van der Waals surface area contributed by atoms with Crippen LogP contribution in [0.2, 0.25) is 10.0 Å². The molecule has 0 radical (unpaired) electrons. The Morgan fingerprint density at radius 1 is 1.19 bits per heavy atom. The van der Waals surface area contributed by atoms with Crippen LogP contribution in [0.15, 0.2) is 35.6 Å². The molecule has 27 heavy (non-hydrogen) atoms. The summed E-state index contributed by atoms with van der Waals surface area (Å²) < 4.78 is 6.12. The molecule has 6 nitrogen and oxygen atoms in total. The molecule has 0 aliphatic carbocycles. The second-order valence-electron chi connectivity index (χ2n) is 7.46. The van der Waals surface area contributed by atoms with Gasteiger partial charge in [0.15, 0.2) is 11.5 Å². The maximum absolute atomic E-state index is 13.2. The minimum absolute atomic E-state index is 0.176. The van der Waals surface area contributed by atoms with Gasteiger partial charge < -0.3 is 10.5 Å². The Balaban J connectivity index is 1.99. The van der Waals surface area contributed by atoms with Gasteiger partial charge in [0.2, 0.25) is 0 Å². The first-order valence-corrected chi connectivity index (χ1v) is 9.16. The lowest BCUT2D eigenvalue weighted by Crippen LogP contribution is -2.49. The summed E-state index contributed by atoms with van der Waals surface area (Å²) in [5, 5.41) is 0.901. The molecule has 0 saturated carbocycles. The molecule has 2 aromatic rings. The number of carbonyl (C=O) groups excluding carboxylic acids is 1. The minimum Gasteiger partial charge on any atom is -0.486 e. The Morgan fingerprint density at radius 2 is 1.93 bits per heavy atom. The number of amides is 1. The van der Waals surface area contributed by atoms with E-state index in [2.05, 4.69) is 9.98 Å². The number of hydrogen-bond donors (Lipinski definition) is 1. The molecule has 3 heterocycles. The Hall–Kier alpha value is -2.31. The highest BCUT2D eigenvalue weighted by molar-refractivity contribution is 6.33. The van der Waals surface area contributed by atoms with E-state index >= 15 is 0 Å². The Bertz CT molecular complexity index is 1010. The number of rotatable bonds is 1. The van der Waals surface area contributed by atoms with E-state index in [0.717, 1.165) is 11.1 Å². The molecule has 1 unspecified atom stereocenters. The van der Waals surface area contributed by atoms with Crippen LogP contribution in [-0.2, 0) is 10.3 Å². The second-order valence-corrected chi connectivity index (χ2v) is 8.30. The van der Waals surface area contributed by atoms with Gasteiger partial charge in [0.25, 0.3) is 5.91 Å².